The van der Waals surface area contributed by atoms with Crippen molar-refractivity contribution in [2.45, 2.75) is 38.3 Å². The lowest BCUT2D eigenvalue weighted by Gasteiger charge is -2.28. The first kappa shape index (κ1) is 22.2. The molecule has 9 heteroatoms. The van der Waals surface area contributed by atoms with Crippen LogP contribution < -0.4 is 16.4 Å². The third-order valence-electron chi connectivity index (χ3n) is 4.86. The number of carbonyl (C=O) groups is 2. The molecule has 0 radical (unpaired) electrons. The maximum atomic E-state index is 12.6. The smallest absolute Gasteiger partial charge is 0.270 e. The third kappa shape index (κ3) is 5.23. The zero-order chi connectivity index (χ0) is 20.3. The molecule has 0 heterocycles. The van der Waals surface area contributed by atoms with Crippen molar-refractivity contribution >= 4 is 35.6 Å². The summed E-state index contributed by atoms with van der Waals surface area (Å²) in [4.78, 5) is 35.2. The van der Waals surface area contributed by atoms with Crippen molar-refractivity contribution < 1.29 is 14.5 Å². The second kappa shape index (κ2) is 9.38. The molecule has 0 aliphatic heterocycles. The van der Waals surface area contributed by atoms with Crippen LogP contribution in [0.1, 0.15) is 47.3 Å². The number of nitrogens with two attached hydrogens (primary N) is 1. The van der Waals surface area contributed by atoms with Gasteiger partial charge in [0.1, 0.15) is 6.04 Å². The molecule has 2 amide bonds. The molecule has 0 spiro atoms. The van der Waals surface area contributed by atoms with E-state index < -0.39 is 16.9 Å². The number of hydrogen-bond donors (Lipinski definition) is 3. The number of carbonyl (C=O) groups excluding carboxylic acids is 2. The number of nitro benzene ring substituents is 1. The van der Waals surface area contributed by atoms with E-state index in [1.807, 2.05) is 18.2 Å². The van der Waals surface area contributed by atoms with Gasteiger partial charge in [-0.1, -0.05) is 12.1 Å². The van der Waals surface area contributed by atoms with Crippen LogP contribution in [0.15, 0.2) is 42.5 Å². The minimum atomic E-state index is -0.786. The molecule has 2 aromatic rings. The summed E-state index contributed by atoms with van der Waals surface area (Å²) >= 11 is 0. The first-order valence-electron chi connectivity index (χ1n) is 9.09. The first-order chi connectivity index (χ1) is 13.3. The Morgan fingerprint density at radius 2 is 2.00 bits per heavy atom. The van der Waals surface area contributed by atoms with E-state index >= 15 is 0 Å². The van der Waals surface area contributed by atoms with Crippen molar-refractivity contribution in [3.8, 4) is 0 Å². The van der Waals surface area contributed by atoms with E-state index in [1.165, 1.54) is 24.3 Å². The molecule has 8 nitrogen and oxygen atoms in total. The Morgan fingerprint density at radius 1 is 1.24 bits per heavy atom. The Hall–Kier alpha value is -3.13. The third-order valence-corrected chi connectivity index (χ3v) is 4.86. The molecule has 0 bridgehead atoms. The van der Waals surface area contributed by atoms with Crippen molar-refractivity contribution in [2.24, 2.45) is 0 Å². The number of nitrogens with one attached hydrogen (secondary N) is 2. The SMILES string of the molecule is CC(NC(=O)c1cccc([N+](=O)[O-])c1)C(=O)NC1CCCc2cc(N)ccc21.Cl. The van der Waals surface area contributed by atoms with Crippen molar-refractivity contribution in [3.63, 3.8) is 0 Å². The van der Waals surface area contributed by atoms with Crippen LogP contribution in [0.5, 0.6) is 0 Å². The van der Waals surface area contributed by atoms with Crippen LogP contribution in [0.4, 0.5) is 11.4 Å². The summed E-state index contributed by atoms with van der Waals surface area (Å²) in [6.07, 6.45) is 2.68. The number of non-ortho nitro benzene ring substituents is 1. The van der Waals surface area contributed by atoms with Crippen LogP contribution in [-0.4, -0.2) is 22.8 Å². The Balaban J connectivity index is 0.00000300. The van der Waals surface area contributed by atoms with Gasteiger partial charge in [-0.2, -0.15) is 0 Å². The van der Waals surface area contributed by atoms with E-state index in [4.69, 9.17) is 5.73 Å². The molecule has 0 fully saturated rings. The summed E-state index contributed by atoms with van der Waals surface area (Å²) in [6, 6.07) is 10.2. The number of nitro groups is 1. The highest BCUT2D eigenvalue weighted by molar-refractivity contribution is 5.97. The molecule has 4 N–H and O–H groups in total. The van der Waals surface area contributed by atoms with E-state index in [1.54, 1.807) is 6.92 Å². The molecular formula is C20H23ClN4O4. The van der Waals surface area contributed by atoms with Crippen LogP contribution in [0.3, 0.4) is 0 Å². The number of nitrogen functional groups attached to an aromatic ring is 1. The fraction of sp³-hybridized carbons (Fsp3) is 0.300. The maximum Gasteiger partial charge on any atom is 0.270 e. The molecule has 0 saturated carbocycles. The lowest BCUT2D eigenvalue weighted by molar-refractivity contribution is -0.384. The highest BCUT2D eigenvalue weighted by Gasteiger charge is 2.25. The van der Waals surface area contributed by atoms with Gasteiger partial charge in [-0.05, 0) is 55.5 Å². The van der Waals surface area contributed by atoms with Gasteiger partial charge in [-0.3, -0.25) is 19.7 Å². The highest BCUT2D eigenvalue weighted by Crippen LogP contribution is 2.31. The molecule has 154 valence electrons. The Kier molecular flexibility index (Phi) is 7.17. The number of benzene rings is 2. The van der Waals surface area contributed by atoms with Crippen molar-refractivity contribution in [3.05, 3.63) is 69.3 Å². The molecule has 2 atom stereocenters. The topological polar surface area (TPSA) is 127 Å². The highest BCUT2D eigenvalue weighted by atomic mass is 35.5. The van der Waals surface area contributed by atoms with Crippen LogP contribution in [-0.2, 0) is 11.2 Å². The van der Waals surface area contributed by atoms with Gasteiger partial charge in [-0.25, -0.2) is 0 Å². The quantitative estimate of drug-likeness (QED) is 0.390. The van der Waals surface area contributed by atoms with Crippen LogP contribution in [0, 0.1) is 10.1 Å². The number of nitrogens with zero attached hydrogens (tertiary/aromatic N) is 1. The Bertz CT molecular complexity index is 934. The number of rotatable bonds is 5. The van der Waals surface area contributed by atoms with Gasteiger partial charge in [0.2, 0.25) is 5.91 Å². The number of amides is 2. The molecule has 1 aliphatic rings. The van der Waals surface area contributed by atoms with Crippen LogP contribution in [0.2, 0.25) is 0 Å². The predicted octanol–water partition coefficient (Wildman–Crippen LogP) is 2.91. The van der Waals surface area contributed by atoms with E-state index in [9.17, 15) is 19.7 Å². The van der Waals surface area contributed by atoms with E-state index in [2.05, 4.69) is 10.6 Å². The summed E-state index contributed by atoms with van der Waals surface area (Å²) < 4.78 is 0. The zero-order valence-electron chi connectivity index (χ0n) is 15.9. The number of anilines is 1. The molecule has 0 saturated heterocycles. The summed E-state index contributed by atoms with van der Waals surface area (Å²) in [7, 11) is 0. The van der Waals surface area contributed by atoms with Crippen molar-refractivity contribution in [1.29, 1.82) is 0 Å². The number of hydrogen-bond acceptors (Lipinski definition) is 5. The number of aryl methyl sites for hydroxylation is 1. The fourth-order valence-electron chi connectivity index (χ4n) is 3.39. The van der Waals surface area contributed by atoms with Gasteiger partial charge in [0, 0.05) is 23.4 Å². The van der Waals surface area contributed by atoms with Gasteiger partial charge >= 0.3 is 0 Å². The number of fused-ring (bicyclic) bond motifs is 1. The van der Waals surface area contributed by atoms with Gasteiger partial charge in [-0.15, -0.1) is 12.4 Å². The molecule has 3 rings (SSSR count). The van der Waals surface area contributed by atoms with Crippen molar-refractivity contribution in [2.75, 3.05) is 5.73 Å². The number of halogens is 1. The molecular weight excluding hydrogens is 396 g/mol. The van der Waals surface area contributed by atoms with Crippen LogP contribution >= 0.6 is 12.4 Å². The molecule has 1 aliphatic carbocycles. The standard InChI is InChI=1S/C20H22N4O4.ClH/c1-12(22-20(26)14-5-2-6-16(11-14)24(27)28)19(25)23-18-7-3-4-13-10-15(21)8-9-17(13)18;/h2,5-6,8-12,18H,3-4,7,21H2,1H3,(H,22,26)(H,23,25);1H. The van der Waals surface area contributed by atoms with Gasteiger partial charge in [0.05, 0.1) is 11.0 Å². The van der Waals surface area contributed by atoms with Gasteiger partial charge < -0.3 is 16.4 Å². The maximum absolute atomic E-state index is 12.6. The summed E-state index contributed by atoms with van der Waals surface area (Å²) in [5.41, 5.74) is 8.67. The average molecular weight is 419 g/mol. The average Bonchev–Trinajstić information content (AvgIpc) is 2.67. The van der Waals surface area contributed by atoms with Gasteiger partial charge in [0.15, 0.2) is 0 Å². The van der Waals surface area contributed by atoms with Crippen LogP contribution in [0.25, 0.3) is 0 Å². The summed E-state index contributed by atoms with van der Waals surface area (Å²) in [5.74, 6) is -0.850. The van der Waals surface area contributed by atoms with Crippen molar-refractivity contribution in [1.82, 2.24) is 10.6 Å². The lowest BCUT2D eigenvalue weighted by Crippen LogP contribution is -2.46. The monoisotopic (exact) mass is 418 g/mol. The Morgan fingerprint density at radius 3 is 2.72 bits per heavy atom. The lowest BCUT2D eigenvalue weighted by atomic mass is 9.87. The summed E-state index contributed by atoms with van der Waals surface area (Å²) in [6.45, 7) is 1.58. The Labute approximate surface area is 174 Å². The second-order valence-electron chi connectivity index (χ2n) is 6.91. The largest absolute Gasteiger partial charge is 0.399 e. The first-order valence-corrected chi connectivity index (χ1v) is 9.09. The van der Waals surface area contributed by atoms with Gasteiger partial charge in [0.25, 0.3) is 11.6 Å². The minimum absolute atomic E-state index is 0. The van der Waals surface area contributed by atoms with E-state index in [0.29, 0.717) is 5.69 Å². The second-order valence-corrected chi connectivity index (χ2v) is 6.91. The fourth-order valence-corrected chi connectivity index (χ4v) is 3.39. The zero-order valence-corrected chi connectivity index (χ0v) is 16.7. The normalized spacial score (nSPS) is 16.0. The molecule has 0 aromatic heterocycles. The molecule has 2 aromatic carbocycles. The predicted molar refractivity (Wildman–Crippen MR) is 112 cm³/mol. The van der Waals surface area contributed by atoms with E-state index in [-0.39, 0.29) is 35.6 Å². The van der Waals surface area contributed by atoms with E-state index in [0.717, 1.165) is 30.4 Å². The molecule has 29 heavy (non-hydrogen) atoms. The minimum Gasteiger partial charge on any atom is -0.399 e. The molecule has 2 unspecified atom stereocenters. The summed E-state index contributed by atoms with van der Waals surface area (Å²) in [5, 5.41) is 16.4.